The molecule has 5 heteroatoms. The Morgan fingerprint density at radius 1 is 1.46 bits per heavy atom. The fourth-order valence-electron chi connectivity index (χ4n) is 0.849. The van der Waals surface area contributed by atoms with Crippen molar-refractivity contribution >= 4 is 33.3 Å². The summed E-state index contributed by atoms with van der Waals surface area (Å²) in [5.74, 6) is -2.57. The van der Waals surface area contributed by atoms with Crippen LogP contribution in [0.5, 0.6) is 0 Å². The molecule has 0 aromatic heterocycles. The second kappa shape index (κ2) is 4.15. The lowest BCUT2D eigenvalue weighted by Gasteiger charge is -2.02. The monoisotopic (exact) mass is 268 g/mol. The van der Waals surface area contributed by atoms with Crippen molar-refractivity contribution in [3.8, 4) is 0 Å². The summed E-state index contributed by atoms with van der Waals surface area (Å²) in [6.07, 6.45) is 0. The number of ketones is 1. The van der Waals surface area contributed by atoms with Gasteiger partial charge in [0.25, 0.3) is 0 Å². The van der Waals surface area contributed by atoms with Gasteiger partial charge >= 0.3 is 0 Å². The molecule has 1 aromatic carbocycles. The van der Waals surface area contributed by atoms with E-state index in [9.17, 15) is 13.6 Å². The van der Waals surface area contributed by atoms with Crippen molar-refractivity contribution in [2.24, 2.45) is 0 Å². The van der Waals surface area contributed by atoms with Gasteiger partial charge in [-0.3, -0.25) is 4.79 Å². The Hall–Kier alpha value is -0.480. The zero-order chi connectivity index (χ0) is 10.0. The Balaban J connectivity index is 3.33. The highest BCUT2D eigenvalue weighted by Gasteiger charge is 2.18. The number of Topliss-reactive ketones (excluding diaryl/α,β-unsaturated/α-hetero) is 1. The summed E-state index contributed by atoms with van der Waals surface area (Å²) >= 11 is 8.20. The van der Waals surface area contributed by atoms with E-state index in [0.29, 0.717) is 0 Å². The number of hydrogen-bond acceptors (Lipinski definition) is 1. The summed E-state index contributed by atoms with van der Waals surface area (Å²) in [6, 6.07) is 2.03. The predicted molar refractivity (Wildman–Crippen MR) is 49.5 cm³/mol. The van der Waals surface area contributed by atoms with E-state index in [-0.39, 0.29) is 10.4 Å². The smallest absolute Gasteiger partial charge is 0.179 e. The van der Waals surface area contributed by atoms with Gasteiger partial charge in [0.1, 0.15) is 5.82 Å². The van der Waals surface area contributed by atoms with E-state index in [1.165, 1.54) is 0 Å². The SMILES string of the molecule is O=C(CBr)c1c(F)ccc(Cl)c1F. The average molecular weight is 269 g/mol. The first-order chi connectivity index (χ1) is 6.07. The molecule has 0 fully saturated rings. The van der Waals surface area contributed by atoms with E-state index in [1.54, 1.807) is 0 Å². The summed E-state index contributed by atoms with van der Waals surface area (Å²) in [7, 11) is 0. The van der Waals surface area contributed by atoms with Crippen LogP contribution in [0.15, 0.2) is 12.1 Å². The van der Waals surface area contributed by atoms with Crippen LogP contribution in [0.2, 0.25) is 5.02 Å². The first-order valence-electron chi connectivity index (χ1n) is 3.30. The molecule has 0 aliphatic carbocycles. The van der Waals surface area contributed by atoms with Crippen LogP contribution in [0.4, 0.5) is 8.78 Å². The van der Waals surface area contributed by atoms with Crippen molar-refractivity contribution in [2.45, 2.75) is 0 Å². The van der Waals surface area contributed by atoms with Crippen LogP contribution < -0.4 is 0 Å². The maximum atomic E-state index is 13.1. The molecule has 0 amide bonds. The number of hydrogen-bond donors (Lipinski definition) is 0. The lowest BCUT2D eigenvalue weighted by atomic mass is 10.1. The van der Waals surface area contributed by atoms with E-state index in [4.69, 9.17) is 11.6 Å². The van der Waals surface area contributed by atoms with Crippen molar-refractivity contribution in [3.63, 3.8) is 0 Å². The third-order valence-corrected chi connectivity index (χ3v) is 2.25. The standard InChI is InChI=1S/C8H4BrClF2O/c9-3-6(13)7-5(11)2-1-4(10)8(7)12/h1-2H,3H2. The van der Waals surface area contributed by atoms with Crippen LogP contribution >= 0.6 is 27.5 Å². The van der Waals surface area contributed by atoms with Crippen molar-refractivity contribution in [2.75, 3.05) is 5.33 Å². The molecule has 1 nitrogen and oxygen atoms in total. The lowest BCUT2D eigenvalue weighted by Crippen LogP contribution is -2.07. The van der Waals surface area contributed by atoms with Crippen molar-refractivity contribution < 1.29 is 13.6 Å². The number of carbonyl (C=O) groups excluding carboxylic acids is 1. The van der Waals surface area contributed by atoms with Gasteiger partial charge in [0.15, 0.2) is 11.6 Å². The summed E-state index contributed by atoms with van der Waals surface area (Å²) in [4.78, 5) is 11.0. The fraction of sp³-hybridized carbons (Fsp3) is 0.125. The third-order valence-electron chi connectivity index (χ3n) is 1.44. The van der Waals surface area contributed by atoms with E-state index in [1.807, 2.05) is 0 Å². The molecule has 1 aromatic rings. The number of rotatable bonds is 2. The van der Waals surface area contributed by atoms with Crippen LogP contribution in [-0.4, -0.2) is 11.1 Å². The first kappa shape index (κ1) is 10.6. The molecule has 0 radical (unpaired) electrons. The molecule has 1 rings (SSSR count). The summed E-state index contributed by atoms with van der Waals surface area (Å²) in [5, 5.41) is -0.396. The molecule has 0 spiro atoms. The van der Waals surface area contributed by atoms with Gasteiger partial charge in [-0.15, -0.1) is 0 Å². The quantitative estimate of drug-likeness (QED) is 0.458. The van der Waals surface area contributed by atoms with Gasteiger partial charge in [-0.25, -0.2) is 8.78 Å². The molecule has 0 N–H and O–H groups in total. The Labute approximate surface area is 86.8 Å². The van der Waals surface area contributed by atoms with Gasteiger partial charge < -0.3 is 0 Å². The largest absolute Gasteiger partial charge is 0.293 e. The number of carbonyl (C=O) groups is 1. The number of halogens is 4. The lowest BCUT2D eigenvalue weighted by molar-refractivity contribution is 0.101. The predicted octanol–water partition coefficient (Wildman–Crippen LogP) is 3.20. The Kier molecular flexibility index (Phi) is 3.39. The van der Waals surface area contributed by atoms with E-state index in [0.717, 1.165) is 12.1 Å². The zero-order valence-corrected chi connectivity index (χ0v) is 8.62. The second-order valence-corrected chi connectivity index (χ2v) is 3.24. The third kappa shape index (κ3) is 2.06. The van der Waals surface area contributed by atoms with E-state index < -0.39 is 23.0 Å². The van der Waals surface area contributed by atoms with E-state index in [2.05, 4.69) is 15.9 Å². The van der Waals surface area contributed by atoms with Crippen LogP contribution in [0.3, 0.4) is 0 Å². The molecule has 13 heavy (non-hydrogen) atoms. The number of alkyl halides is 1. The molecule has 0 heterocycles. The second-order valence-electron chi connectivity index (χ2n) is 2.27. The maximum absolute atomic E-state index is 13.1. The summed E-state index contributed by atoms with van der Waals surface area (Å²) in [6.45, 7) is 0. The van der Waals surface area contributed by atoms with Gasteiger partial charge in [-0.2, -0.15) is 0 Å². The maximum Gasteiger partial charge on any atom is 0.179 e. The first-order valence-corrected chi connectivity index (χ1v) is 4.80. The molecular formula is C8H4BrClF2O. The molecule has 0 atom stereocenters. The average Bonchev–Trinajstić information content (AvgIpc) is 2.12. The minimum absolute atomic E-state index is 0.138. The summed E-state index contributed by atoms with van der Waals surface area (Å²) in [5.41, 5.74) is -0.593. The van der Waals surface area contributed by atoms with Gasteiger partial charge in [-0.05, 0) is 12.1 Å². The van der Waals surface area contributed by atoms with Crippen molar-refractivity contribution in [1.82, 2.24) is 0 Å². The molecule has 0 unspecified atom stereocenters. The highest BCUT2D eigenvalue weighted by molar-refractivity contribution is 9.09. The van der Waals surface area contributed by atoms with Gasteiger partial charge in [0, 0.05) is 0 Å². The molecule has 0 aliphatic rings. The Morgan fingerprint density at radius 2 is 2.08 bits per heavy atom. The molecule has 0 aliphatic heterocycles. The molecule has 0 bridgehead atoms. The van der Waals surface area contributed by atoms with Crippen molar-refractivity contribution in [1.29, 1.82) is 0 Å². The molecule has 0 saturated heterocycles. The van der Waals surface area contributed by atoms with Crippen LogP contribution in [0.25, 0.3) is 0 Å². The van der Waals surface area contributed by atoms with Crippen LogP contribution in [0.1, 0.15) is 10.4 Å². The Bertz CT molecular complexity index is 354. The topological polar surface area (TPSA) is 17.1 Å². The minimum atomic E-state index is -1.01. The molecule has 70 valence electrons. The zero-order valence-electron chi connectivity index (χ0n) is 6.28. The highest BCUT2D eigenvalue weighted by Crippen LogP contribution is 2.21. The minimum Gasteiger partial charge on any atom is -0.293 e. The van der Waals surface area contributed by atoms with Crippen LogP contribution in [-0.2, 0) is 0 Å². The fourth-order valence-corrected chi connectivity index (χ4v) is 1.29. The van der Waals surface area contributed by atoms with E-state index >= 15 is 0 Å². The van der Waals surface area contributed by atoms with Gasteiger partial charge in [-0.1, -0.05) is 27.5 Å². The Morgan fingerprint density at radius 3 is 2.62 bits per heavy atom. The van der Waals surface area contributed by atoms with Crippen LogP contribution in [0, 0.1) is 11.6 Å². The highest BCUT2D eigenvalue weighted by atomic mass is 79.9. The van der Waals surface area contributed by atoms with Crippen molar-refractivity contribution in [3.05, 3.63) is 34.4 Å². The van der Waals surface area contributed by atoms with Gasteiger partial charge in [0.05, 0.1) is 15.9 Å². The molecular weight excluding hydrogens is 265 g/mol. The van der Waals surface area contributed by atoms with Gasteiger partial charge in [0.2, 0.25) is 0 Å². The summed E-state index contributed by atoms with van der Waals surface area (Å²) < 4.78 is 26.0. The number of benzene rings is 1. The normalized spacial score (nSPS) is 10.2. The molecule has 0 saturated carbocycles.